The molecule has 1 amide bonds. The molecule has 0 bridgehead atoms. The number of aromatic nitrogens is 1. The van der Waals surface area contributed by atoms with Crippen LogP contribution < -0.4 is 9.64 Å². The Labute approximate surface area is 195 Å². The lowest BCUT2D eigenvalue weighted by Gasteiger charge is -2.22. The van der Waals surface area contributed by atoms with Gasteiger partial charge in [0.15, 0.2) is 9.84 Å². The zero-order valence-corrected chi connectivity index (χ0v) is 18.8. The zero-order chi connectivity index (χ0) is 26.2. The molecule has 0 atom stereocenters. The average Bonchev–Trinajstić information content (AvgIpc) is 2.76. The van der Waals surface area contributed by atoms with Crippen LogP contribution in [0.3, 0.4) is 0 Å². The molecule has 6 nitrogen and oxygen atoms in total. The first-order chi connectivity index (χ1) is 16.1. The van der Waals surface area contributed by atoms with E-state index >= 15 is 0 Å². The first-order valence-corrected chi connectivity index (χ1v) is 11.5. The lowest BCUT2D eigenvalue weighted by Crippen LogP contribution is -2.27. The van der Waals surface area contributed by atoms with Crippen molar-refractivity contribution in [3.05, 3.63) is 72.1 Å². The van der Waals surface area contributed by atoms with Gasteiger partial charge in [-0.1, -0.05) is 18.2 Å². The second-order valence-electron chi connectivity index (χ2n) is 7.32. The summed E-state index contributed by atoms with van der Waals surface area (Å²) in [6, 6.07) is 8.07. The van der Waals surface area contributed by atoms with Gasteiger partial charge < -0.3 is 9.64 Å². The van der Waals surface area contributed by atoms with Crippen molar-refractivity contribution in [2.75, 3.05) is 18.2 Å². The molecule has 186 valence electrons. The van der Waals surface area contributed by atoms with Gasteiger partial charge >= 0.3 is 12.5 Å². The van der Waals surface area contributed by atoms with E-state index in [4.69, 9.17) is 0 Å². The Bertz CT molecular complexity index is 1370. The molecule has 0 spiro atoms. The molecule has 2 aromatic carbocycles. The molecule has 0 unspecified atom stereocenters. The molecule has 0 fully saturated rings. The Morgan fingerprint density at radius 2 is 1.63 bits per heavy atom. The van der Waals surface area contributed by atoms with Crippen molar-refractivity contribution in [3.8, 4) is 16.9 Å². The van der Waals surface area contributed by atoms with Crippen LogP contribution in [0.4, 0.5) is 32.0 Å². The molecular weight excluding hydrogens is 502 g/mol. The van der Waals surface area contributed by atoms with Crippen molar-refractivity contribution in [1.82, 2.24) is 4.98 Å². The molecule has 13 heteroatoms. The lowest BCUT2D eigenvalue weighted by molar-refractivity contribution is -0.274. The summed E-state index contributed by atoms with van der Waals surface area (Å²) < 4.78 is 107. The number of rotatable bonds is 5. The molecule has 35 heavy (non-hydrogen) atoms. The molecule has 0 radical (unpaired) electrons. The maximum absolute atomic E-state index is 13.4. The topological polar surface area (TPSA) is 76.6 Å². The number of ether oxygens (including phenoxy) is 1. The van der Waals surface area contributed by atoms with Gasteiger partial charge in [-0.25, -0.2) is 8.42 Å². The summed E-state index contributed by atoms with van der Waals surface area (Å²) in [5.41, 5.74) is -2.02. The molecule has 0 saturated heterocycles. The van der Waals surface area contributed by atoms with Crippen LogP contribution in [-0.4, -0.2) is 39.0 Å². The third-order valence-corrected chi connectivity index (χ3v) is 5.87. The fourth-order valence-corrected chi connectivity index (χ4v) is 3.87. The van der Waals surface area contributed by atoms with Gasteiger partial charge in [-0.05, 0) is 30.3 Å². The van der Waals surface area contributed by atoms with Crippen molar-refractivity contribution in [3.63, 3.8) is 0 Å². The number of alkyl halides is 6. The van der Waals surface area contributed by atoms with Gasteiger partial charge in [-0.2, -0.15) is 13.2 Å². The molecule has 0 aliphatic heterocycles. The van der Waals surface area contributed by atoms with E-state index < -0.39 is 50.1 Å². The van der Waals surface area contributed by atoms with Crippen molar-refractivity contribution in [2.45, 2.75) is 17.4 Å². The number of carbonyl (C=O) groups excluding carboxylic acids is 1. The highest BCUT2D eigenvalue weighted by Gasteiger charge is 2.34. The highest BCUT2D eigenvalue weighted by Crippen LogP contribution is 2.39. The second-order valence-corrected chi connectivity index (χ2v) is 9.33. The van der Waals surface area contributed by atoms with Crippen molar-refractivity contribution >= 4 is 21.4 Å². The number of nitrogens with zero attached hydrogens (tertiary/aromatic N) is 2. The fourth-order valence-electron chi connectivity index (χ4n) is 3.19. The second kappa shape index (κ2) is 9.21. The van der Waals surface area contributed by atoms with Gasteiger partial charge in [0.1, 0.15) is 5.75 Å². The minimum Gasteiger partial charge on any atom is -0.405 e. The van der Waals surface area contributed by atoms with Crippen molar-refractivity contribution in [2.24, 2.45) is 0 Å². The molecule has 1 heterocycles. The van der Waals surface area contributed by atoms with E-state index in [1.54, 1.807) is 0 Å². The minimum absolute atomic E-state index is 0.0611. The van der Waals surface area contributed by atoms with E-state index in [1.807, 2.05) is 0 Å². The number of hydrogen-bond acceptors (Lipinski definition) is 5. The minimum atomic E-state index is -5.01. The zero-order valence-electron chi connectivity index (χ0n) is 18.0. The third-order valence-electron chi connectivity index (χ3n) is 4.78. The Morgan fingerprint density at radius 1 is 0.971 bits per heavy atom. The number of carbonyl (C=O) groups is 1. The van der Waals surface area contributed by atoms with Gasteiger partial charge in [-0.15, -0.1) is 13.2 Å². The number of sulfone groups is 1. The Morgan fingerprint density at radius 3 is 2.23 bits per heavy atom. The molecular formula is C22H16F6N2O4S. The Hall–Kier alpha value is -3.61. The number of halogens is 6. The average molecular weight is 518 g/mol. The molecule has 3 rings (SSSR count). The van der Waals surface area contributed by atoms with Crippen LogP contribution in [0.5, 0.6) is 5.75 Å². The number of anilines is 1. The predicted octanol–water partition coefficient (Wildman–Crippen LogP) is 5.35. The fraction of sp³-hybridized carbons (Fsp3) is 0.182. The van der Waals surface area contributed by atoms with Crippen LogP contribution in [0.25, 0.3) is 11.1 Å². The van der Waals surface area contributed by atoms with Gasteiger partial charge in [0.25, 0.3) is 5.91 Å². The molecule has 1 aromatic heterocycles. The molecule has 0 N–H and O–H groups in total. The highest BCUT2D eigenvalue weighted by atomic mass is 32.2. The summed E-state index contributed by atoms with van der Waals surface area (Å²) in [5.74, 6) is -1.63. The van der Waals surface area contributed by atoms with Crippen LogP contribution in [0, 0.1) is 0 Å². The summed E-state index contributed by atoms with van der Waals surface area (Å²) in [6.45, 7) is 0. The standard InChI is InChI=1S/C22H16F6N2O4S/c1-30(20(31)13-9-14(21(23,24)25)11-15(10-13)35(2,32)33)18-12-29-8-7-16(18)17-5-3-4-6-19(17)34-22(26,27)28/h3-12H,1-2H3. The first kappa shape index (κ1) is 26.0. The van der Waals surface area contributed by atoms with Gasteiger partial charge in [0, 0.05) is 36.2 Å². The van der Waals surface area contributed by atoms with E-state index in [0.717, 1.165) is 30.3 Å². The van der Waals surface area contributed by atoms with Crippen LogP contribution in [-0.2, 0) is 16.0 Å². The maximum atomic E-state index is 13.4. The van der Waals surface area contributed by atoms with Gasteiger partial charge in [0.2, 0.25) is 0 Å². The Balaban J connectivity index is 2.12. The van der Waals surface area contributed by atoms with Gasteiger partial charge in [0.05, 0.1) is 22.3 Å². The van der Waals surface area contributed by atoms with E-state index in [-0.39, 0.29) is 16.8 Å². The highest BCUT2D eigenvalue weighted by molar-refractivity contribution is 7.90. The number of hydrogen-bond donors (Lipinski definition) is 0. The molecule has 0 aliphatic rings. The quantitative estimate of drug-likeness (QED) is 0.426. The van der Waals surface area contributed by atoms with Crippen molar-refractivity contribution < 1.29 is 44.3 Å². The van der Waals surface area contributed by atoms with Crippen LogP contribution in [0.15, 0.2) is 65.8 Å². The summed E-state index contributed by atoms with van der Waals surface area (Å²) in [7, 11) is -2.95. The number of pyridine rings is 1. The normalized spacial score (nSPS) is 12.3. The number of amides is 1. The summed E-state index contributed by atoms with van der Waals surface area (Å²) >= 11 is 0. The molecule has 0 saturated carbocycles. The predicted molar refractivity (Wildman–Crippen MR) is 114 cm³/mol. The largest absolute Gasteiger partial charge is 0.573 e. The Kier molecular flexibility index (Phi) is 6.84. The molecule has 0 aliphatic carbocycles. The summed E-state index contributed by atoms with van der Waals surface area (Å²) in [6.07, 6.45) is -6.89. The van der Waals surface area contributed by atoms with E-state index in [9.17, 15) is 39.6 Å². The number of benzene rings is 2. The molecule has 3 aromatic rings. The summed E-state index contributed by atoms with van der Waals surface area (Å²) in [5, 5.41) is 0. The van der Waals surface area contributed by atoms with Crippen LogP contribution in [0.1, 0.15) is 15.9 Å². The summed E-state index contributed by atoms with van der Waals surface area (Å²) in [4.78, 5) is 17.1. The lowest BCUT2D eigenvalue weighted by atomic mass is 10.0. The number of para-hydroxylation sites is 1. The van der Waals surface area contributed by atoms with E-state index in [0.29, 0.717) is 18.4 Å². The van der Waals surface area contributed by atoms with Crippen molar-refractivity contribution in [1.29, 1.82) is 0 Å². The van der Waals surface area contributed by atoms with E-state index in [2.05, 4.69) is 9.72 Å². The smallest absolute Gasteiger partial charge is 0.405 e. The third kappa shape index (κ3) is 6.10. The maximum Gasteiger partial charge on any atom is 0.573 e. The van der Waals surface area contributed by atoms with Gasteiger partial charge in [-0.3, -0.25) is 9.78 Å². The SMILES string of the molecule is CN(C(=O)c1cc(C(F)(F)F)cc(S(C)(=O)=O)c1)c1cnccc1-c1ccccc1OC(F)(F)F. The van der Waals surface area contributed by atoms with Crippen LogP contribution >= 0.6 is 0 Å². The van der Waals surface area contributed by atoms with E-state index in [1.165, 1.54) is 30.5 Å². The first-order valence-electron chi connectivity index (χ1n) is 9.57. The van der Waals surface area contributed by atoms with Crippen LogP contribution in [0.2, 0.25) is 0 Å². The monoisotopic (exact) mass is 518 g/mol.